The zero-order valence-electron chi connectivity index (χ0n) is 12.0. The smallest absolute Gasteiger partial charge is 0.0496 e. The second-order valence-corrected chi connectivity index (χ2v) is 5.81. The summed E-state index contributed by atoms with van der Waals surface area (Å²) in [4.78, 5) is 2.44. The summed E-state index contributed by atoms with van der Waals surface area (Å²) in [7, 11) is 2.20. The standard InChI is InChI=1S/C15H26N2S/c1-5-14(11-18-4)17(3)15(12(2)16)13-9-7-6-8-10-13/h6-10,12,14-15H,5,11,16H2,1-4H3. The van der Waals surface area contributed by atoms with E-state index >= 15 is 0 Å². The Morgan fingerprint density at radius 3 is 2.33 bits per heavy atom. The molecule has 18 heavy (non-hydrogen) atoms. The predicted molar refractivity (Wildman–Crippen MR) is 83.1 cm³/mol. The molecule has 0 saturated carbocycles. The maximum atomic E-state index is 6.21. The first kappa shape index (κ1) is 15.5. The van der Waals surface area contributed by atoms with Gasteiger partial charge in [0, 0.05) is 23.9 Å². The first-order valence-electron chi connectivity index (χ1n) is 6.63. The Morgan fingerprint density at radius 2 is 1.89 bits per heavy atom. The number of hydrogen-bond acceptors (Lipinski definition) is 3. The molecule has 1 aromatic carbocycles. The van der Waals surface area contributed by atoms with Gasteiger partial charge in [0.05, 0.1) is 0 Å². The van der Waals surface area contributed by atoms with E-state index in [2.05, 4.69) is 62.4 Å². The molecule has 3 atom stereocenters. The molecule has 1 rings (SSSR count). The fraction of sp³-hybridized carbons (Fsp3) is 0.600. The summed E-state index contributed by atoms with van der Waals surface area (Å²) in [6.45, 7) is 4.35. The van der Waals surface area contributed by atoms with Crippen molar-refractivity contribution in [3.8, 4) is 0 Å². The Labute approximate surface area is 116 Å². The highest BCUT2D eigenvalue weighted by Gasteiger charge is 2.25. The van der Waals surface area contributed by atoms with Crippen LogP contribution in [0.3, 0.4) is 0 Å². The number of rotatable bonds is 7. The van der Waals surface area contributed by atoms with Crippen LogP contribution in [0, 0.1) is 0 Å². The molecule has 0 amide bonds. The van der Waals surface area contributed by atoms with Crippen LogP contribution in [0.2, 0.25) is 0 Å². The van der Waals surface area contributed by atoms with Gasteiger partial charge >= 0.3 is 0 Å². The first-order chi connectivity index (χ1) is 8.61. The van der Waals surface area contributed by atoms with Crippen LogP contribution in [-0.2, 0) is 0 Å². The molecular formula is C15H26N2S. The largest absolute Gasteiger partial charge is 0.326 e. The summed E-state index contributed by atoms with van der Waals surface area (Å²) >= 11 is 1.90. The van der Waals surface area contributed by atoms with E-state index in [9.17, 15) is 0 Å². The Balaban J connectivity index is 2.91. The lowest BCUT2D eigenvalue weighted by molar-refractivity contribution is 0.164. The summed E-state index contributed by atoms with van der Waals surface area (Å²) in [6.07, 6.45) is 3.33. The second kappa shape index (κ2) is 7.82. The molecule has 0 saturated heterocycles. The molecule has 0 radical (unpaired) electrons. The fourth-order valence-electron chi connectivity index (χ4n) is 2.50. The summed E-state index contributed by atoms with van der Waals surface area (Å²) in [5.74, 6) is 1.16. The number of hydrogen-bond donors (Lipinski definition) is 1. The van der Waals surface area contributed by atoms with E-state index < -0.39 is 0 Å². The van der Waals surface area contributed by atoms with Crippen LogP contribution in [0.1, 0.15) is 31.9 Å². The average Bonchev–Trinajstić information content (AvgIpc) is 2.36. The van der Waals surface area contributed by atoms with E-state index in [1.54, 1.807) is 0 Å². The predicted octanol–water partition coefficient (Wildman–Crippen LogP) is 3.15. The fourth-order valence-corrected chi connectivity index (χ4v) is 3.36. The summed E-state index contributed by atoms with van der Waals surface area (Å²) in [6, 6.07) is 11.6. The van der Waals surface area contributed by atoms with Crippen LogP contribution in [0.15, 0.2) is 30.3 Å². The summed E-state index contributed by atoms with van der Waals surface area (Å²) in [5.41, 5.74) is 7.52. The molecule has 0 aliphatic rings. The lowest BCUT2D eigenvalue weighted by atomic mass is 9.98. The van der Waals surface area contributed by atoms with Gasteiger partial charge in [0.1, 0.15) is 0 Å². The van der Waals surface area contributed by atoms with Crippen LogP contribution in [-0.4, -0.2) is 36.0 Å². The van der Waals surface area contributed by atoms with Crippen molar-refractivity contribution < 1.29 is 0 Å². The molecule has 0 fully saturated rings. The minimum Gasteiger partial charge on any atom is -0.326 e. The molecule has 0 aliphatic carbocycles. The van der Waals surface area contributed by atoms with Gasteiger partial charge in [0.15, 0.2) is 0 Å². The molecule has 0 aromatic heterocycles. The lowest BCUT2D eigenvalue weighted by Crippen LogP contribution is -2.43. The van der Waals surface area contributed by atoms with E-state index in [0.29, 0.717) is 12.1 Å². The van der Waals surface area contributed by atoms with Gasteiger partial charge in [-0.25, -0.2) is 0 Å². The molecule has 2 nitrogen and oxygen atoms in total. The van der Waals surface area contributed by atoms with Crippen molar-refractivity contribution in [1.29, 1.82) is 0 Å². The van der Waals surface area contributed by atoms with Gasteiger partial charge in [-0.2, -0.15) is 11.8 Å². The van der Waals surface area contributed by atoms with Crippen LogP contribution < -0.4 is 5.73 Å². The number of thioether (sulfide) groups is 1. The van der Waals surface area contributed by atoms with Crippen molar-refractivity contribution in [3.63, 3.8) is 0 Å². The van der Waals surface area contributed by atoms with Crippen molar-refractivity contribution in [1.82, 2.24) is 4.90 Å². The number of nitrogens with zero attached hydrogens (tertiary/aromatic N) is 1. The zero-order valence-corrected chi connectivity index (χ0v) is 12.8. The van der Waals surface area contributed by atoms with Gasteiger partial charge in [-0.05, 0) is 32.2 Å². The lowest BCUT2D eigenvalue weighted by Gasteiger charge is -2.37. The topological polar surface area (TPSA) is 29.3 Å². The van der Waals surface area contributed by atoms with Crippen molar-refractivity contribution >= 4 is 11.8 Å². The number of likely N-dealkylation sites (N-methyl/N-ethyl adjacent to an activating group) is 1. The van der Waals surface area contributed by atoms with E-state index in [0.717, 1.165) is 12.2 Å². The quantitative estimate of drug-likeness (QED) is 0.822. The second-order valence-electron chi connectivity index (χ2n) is 4.90. The summed E-state index contributed by atoms with van der Waals surface area (Å²) < 4.78 is 0. The normalized spacial score (nSPS) is 16.6. The van der Waals surface area contributed by atoms with E-state index in [-0.39, 0.29) is 6.04 Å². The van der Waals surface area contributed by atoms with Crippen molar-refractivity contribution in [3.05, 3.63) is 35.9 Å². The van der Waals surface area contributed by atoms with Gasteiger partial charge in [-0.3, -0.25) is 4.90 Å². The van der Waals surface area contributed by atoms with E-state index in [1.807, 2.05) is 11.8 Å². The molecule has 0 spiro atoms. The molecule has 1 aromatic rings. The van der Waals surface area contributed by atoms with Crippen LogP contribution >= 0.6 is 11.8 Å². The summed E-state index contributed by atoms with van der Waals surface area (Å²) in [5, 5.41) is 0. The van der Waals surface area contributed by atoms with E-state index in [4.69, 9.17) is 5.73 Å². The van der Waals surface area contributed by atoms with Gasteiger partial charge in [-0.15, -0.1) is 0 Å². The average molecular weight is 266 g/mol. The third-order valence-corrected chi connectivity index (χ3v) is 4.20. The van der Waals surface area contributed by atoms with Gasteiger partial charge in [-0.1, -0.05) is 37.3 Å². The Morgan fingerprint density at radius 1 is 1.28 bits per heavy atom. The van der Waals surface area contributed by atoms with E-state index in [1.165, 1.54) is 5.56 Å². The molecule has 0 bridgehead atoms. The zero-order chi connectivity index (χ0) is 13.5. The van der Waals surface area contributed by atoms with Crippen molar-refractivity contribution in [2.24, 2.45) is 5.73 Å². The molecule has 102 valence electrons. The van der Waals surface area contributed by atoms with Gasteiger partial charge in [0.2, 0.25) is 0 Å². The third-order valence-electron chi connectivity index (χ3n) is 3.48. The van der Waals surface area contributed by atoms with Crippen LogP contribution in [0.4, 0.5) is 0 Å². The number of benzene rings is 1. The minimum absolute atomic E-state index is 0.133. The third kappa shape index (κ3) is 4.01. The maximum absolute atomic E-state index is 6.21. The maximum Gasteiger partial charge on any atom is 0.0496 e. The minimum atomic E-state index is 0.133. The Bertz CT molecular complexity index is 327. The molecule has 0 heterocycles. The van der Waals surface area contributed by atoms with Gasteiger partial charge in [0.25, 0.3) is 0 Å². The van der Waals surface area contributed by atoms with Crippen molar-refractivity contribution in [2.75, 3.05) is 19.1 Å². The van der Waals surface area contributed by atoms with Crippen LogP contribution in [0.5, 0.6) is 0 Å². The van der Waals surface area contributed by atoms with Crippen molar-refractivity contribution in [2.45, 2.75) is 38.4 Å². The molecule has 3 heteroatoms. The molecule has 3 unspecified atom stereocenters. The molecule has 0 aliphatic heterocycles. The van der Waals surface area contributed by atoms with Gasteiger partial charge < -0.3 is 5.73 Å². The highest BCUT2D eigenvalue weighted by Crippen LogP contribution is 2.26. The molecular weight excluding hydrogens is 240 g/mol. The van der Waals surface area contributed by atoms with Crippen LogP contribution in [0.25, 0.3) is 0 Å². The SMILES string of the molecule is CCC(CSC)N(C)C(c1ccccc1)C(C)N. The highest BCUT2D eigenvalue weighted by atomic mass is 32.2. The first-order valence-corrected chi connectivity index (χ1v) is 8.02. The Hall–Kier alpha value is -0.510. The Kier molecular flexibility index (Phi) is 6.76. The monoisotopic (exact) mass is 266 g/mol. The highest BCUT2D eigenvalue weighted by molar-refractivity contribution is 7.98. The number of nitrogens with two attached hydrogens (primary N) is 1. The molecule has 2 N–H and O–H groups in total.